The van der Waals surface area contributed by atoms with Crippen LogP contribution in [0.3, 0.4) is 0 Å². The van der Waals surface area contributed by atoms with Crippen molar-refractivity contribution in [3.63, 3.8) is 0 Å². The van der Waals surface area contributed by atoms with E-state index in [1.54, 1.807) is 6.92 Å². The van der Waals surface area contributed by atoms with E-state index in [0.29, 0.717) is 6.04 Å². The molecule has 0 aromatic carbocycles. The summed E-state index contributed by atoms with van der Waals surface area (Å²) >= 11 is 0. The van der Waals surface area contributed by atoms with Crippen molar-refractivity contribution in [3.05, 3.63) is 0 Å². The summed E-state index contributed by atoms with van der Waals surface area (Å²) in [5.74, 6) is 0.0568. The van der Waals surface area contributed by atoms with Gasteiger partial charge in [-0.1, -0.05) is 13.3 Å². The summed E-state index contributed by atoms with van der Waals surface area (Å²) in [6.07, 6.45) is 3.38. The summed E-state index contributed by atoms with van der Waals surface area (Å²) in [6.45, 7) is 4.50. The quantitative estimate of drug-likeness (QED) is 0.625. The number of rotatable bonds is 6. The third-order valence-corrected chi connectivity index (χ3v) is 1.91. The van der Waals surface area contributed by atoms with Gasteiger partial charge in [-0.15, -0.1) is 0 Å². The van der Waals surface area contributed by atoms with Crippen molar-refractivity contribution in [2.45, 2.75) is 39.2 Å². The van der Waals surface area contributed by atoms with Crippen LogP contribution in [0.1, 0.15) is 33.1 Å². The summed E-state index contributed by atoms with van der Waals surface area (Å²) in [7, 11) is 1.97. The highest BCUT2D eigenvalue weighted by Crippen LogP contribution is 1.99. The van der Waals surface area contributed by atoms with Gasteiger partial charge in [0, 0.05) is 19.5 Å². The Kier molecular flexibility index (Phi) is 6.76. The SMILES string of the molecule is CCCC(CCNC(C)=O)NC. The van der Waals surface area contributed by atoms with Gasteiger partial charge in [0.05, 0.1) is 0 Å². The molecule has 0 rings (SSSR count). The molecule has 1 amide bonds. The van der Waals surface area contributed by atoms with Crippen molar-refractivity contribution < 1.29 is 4.79 Å². The van der Waals surface area contributed by atoms with Crippen LogP contribution in [0.2, 0.25) is 0 Å². The number of amides is 1. The summed E-state index contributed by atoms with van der Waals surface area (Å²) in [6, 6.07) is 0.543. The molecule has 3 heteroatoms. The first-order valence-corrected chi connectivity index (χ1v) is 4.62. The standard InChI is InChI=1S/C9H20N2O/c1-4-5-9(10-3)6-7-11-8(2)12/h9-10H,4-7H2,1-3H3,(H,11,12). The van der Waals surface area contributed by atoms with E-state index >= 15 is 0 Å². The zero-order chi connectivity index (χ0) is 9.40. The van der Waals surface area contributed by atoms with E-state index in [-0.39, 0.29) is 5.91 Å². The smallest absolute Gasteiger partial charge is 0.216 e. The van der Waals surface area contributed by atoms with Gasteiger partial charge in [-0.3, -0.25) is 4.79 Å². The molecule has 0 spiro atoms. The lowest BCUT2D eigenvalue weighted by Gasteiger charge is -2.14. The Morgan fingerprint density at radius 2 is 2.08 bits per heavy atom. The molecule has 0 saturated carbocycles. The third-order valence-electron chi connectivity index (χ3n) is 1.91. The molecule has 1 atom stereocenters. The van der Waals surface area contributed by atoms with Crippen LogP contribution in [0.25, 0.3) is 0 Å². The Bertz CT molecular complexity index is 126. The van der Waals surface area contributed by atoms with Crippen LogP contribution in [0.4, 0.5) is 0 Å². The molecule has 0 saturated heterocycles. The van der Waals surface area contributed by atoms with Crippen LogP contribution in [-0.2, 0) is 4.79 Å². The molecule has 2 N–H and O–H groups in total. The van der Waals surface area contributed by atoms with E-state index in [1.807, 2.05) is 7.05 Å². The molecule has 0 aromatic rings. The normalized spacial score (nSPS) is 12.6. The zero-order valence-electron chi connectivity index (χ0n) is 8.31. The molecule has 0 radical (unpaired) electrons. The maximum absolute atomic E-state index is 10.5. The Morgan fingerprint density at radius 3 is 2.50 bits per heavy atom. The average Bonchev–Trinajstić information content (AvgIpc) is 2.02. The molecular formula is C9H20N2O. The van der Waals surface area contributed by atoms with Gasteiger partial charge in [-0.25, -0.2) is 0 Å². The molecule has 0 bridgehead atoms. The molecule has 1 unspecified atom stereocenters. The van der Waals surface area contributed by atoms with Crippen LogP contribution in [0.15, 0.2) is 0 Å². The monoisotopic (exact) mass is 172 g/mol. The second-order valence-corrected chi connectivity index (χ2v) is 3.05. The van der Waals surface area contributed by atoms with Crippen LogP contribution < -0.4 is 10.6 Å². The van der Waals surface area contributed by atoms with Crippen LogP contribution in [0, 0.1) is 0 Å². The fourth-order valence-electron chi connectivity index (χ4n) is 1.20. The highest BCUT2D eigenvalue weighted by atomic mass is 16.1. The largest absolute Gasteiger partial charge is 0.356 e. The predicted octanol–water partition coefficient (Wildman–Crippen LogP) is 0.901. The van der Waals surface area contributed by atoms with Crippen molar-refractivity contribution in [2.75, 3.05) is 13.6 Å². The fourth-order valence-corrected chi connectivity index (χ4v) is 1.20. The van der Waals surface area contributed by atoms with E-state index in [1.165, 1.54) is 12.8 Å². The van der Waals surface area contributed by atoms with E-state index < -0.39 is 0 Å². The second kappa shape index (κ2) is 7.10. The van der Waals surface area contributed by atoms with Gasteiger partial charge in [0.25, 0.3) is 0 Å². The van der Waals surface area contributed by atoms with Crippen molar-refractivity contribution in [2.24, 2.45) is 0 Å². The zero-order valence-corrected chi connectivity index (χ0v) is 8.31. The molecule has 0 aliphatic heterocycles. The molecule has 0 heterocycles. The van der Waals surface area contributed by atoms with Crippen molar-refractivity contribution >= 4 is 5.91 Å². The first kappa shape index (κ1) is 11.4. The molecule has 3 nitrogen and oxygen atoms in total. The number of carbonyl (C=O) groups excluding carboxylic acids is 1. The number of hydrogen-bond acceptors (Lipinski definition) is 2. The van der Waals surface area contributed by atoms with Crippen LogP contribution >= 0.6 is 0 Å². The van der Waals surface area contributed by atoms with Gasteiger partial charge < -0.3 is 10.6 Å². The van der Waals surface area contributed by atoms with E-state index in [0.717, 1.165) is 13.0 Å². The molecule has 12 heavy (non-hydrogen) atoms. The topological polar surface area (TPSA) is 41.1 Å². The van der Waals surface area contributed by atoms with Gasteiger partial charge in [0.1, 0.15) is 0 Å². The van der Waals surface area contributed by atoms with Crippen LogP contribution in [-0.4, -0.2) is 25.5 Å². The Morgan fingerprint density at radius 1 is 1.42 bits per heavy atom. The summed E-state index contributed by atoms with van der Waals surface area (Å²) < 4.78 is 0. The van der Waals surface area contributed by atoms with Gasteiger partial charge in [0.2, 0.25) is 5.91 Å². The Hall–Kier alpha value is -0.570. The third kappa shape index (κ3) is 6.16. The van der Waals surface area contributed by atoms with Crippen LogP contribution in [0.5, 0.6) is 0 Å². The average molecular weight is 172 g/mol. The molecular weight excluding hydrogens is 152 g/mol. The van der Waals surface area contributed by atoms with Crippen molar-refractivity contribution in [1.29, 1.82) is 0 Å². The lowest BCUT2D eigenvalue weighted by Crippen LogP contribution is -2.31. The van der Waals surface area contributed by atoms with Gasteiger partial charge in [0.15, 0.2) is 0 Å². The molecule has 0 fully saturated rings. The minimum Gasteiger partial charge on any atom is -0.356 e. The molecule has 0 aromatic heterocycles. The van der Waals surface area contributed by atoms with Crippen molar-refractivity contribution in [1.82, 2.24) is 10.6 Å². The summed E-state index contributed by atoms with van der Waals surface area (Å²) in [4.78, 5) is 10.5. The minimum absolute atomic E-state index is 0.0568. The minimum atomic E-state index is 0.0568. The van der Waals surface area contributed by atoms with Gasteiger partial charge in [-0.05, 0) is 19.9 Å². The van der Waals surface area contributed by atoms with E-state index in [4.69, 9.17) is 0 Å². The second-order valence-electron chi connectivity index (χ2n) is 3.05. The fraction of sp³-hybridized carbons (Fsp3) is 0.889. The predicted molar refractivity (Wildman–Crippen MR) is 51.1 cm³/mol. The number of hydrogen-bond donors (Lipinski definition) is 2. The van der Waals surface area contributed by atoms with E-state index in [2.05, 4.69) is 17.6 Å². The van der Waals surface area contributed by atoms with Crippen molar-refractivity contribution in [3.8, 4) is 0 Å². The highest BCUT2D eigenvalue weighted by molar-refractivity contribution is 5.72. The summed E-state index contributed by atoms with van der Waals surface area (Å²) in [5.41, 5.74) is 0. The first-order chi connectivity index (χ1) is 5.70. The lowest BCUT2D eigenvalue weighted by molar-refractivity contribution is -0.118. The summed E-state index contributed by atoms with van der Waals surface area (Å²) in [5, 5.41) is 6.02. The molecule has 0 aliphatic rings. The van der Waals surface area contributed by atoms with Gasteiger partial charge in [-0.2, -0.15) is 0 Å². The van der Waals surface area contributed by atoms with Gasteiger partial charge >= 0.3 is 0 Å². The number of carbonyl (C=O) groups is 1. The molecule has 72 valence electrons. The maximum atomic E-state index is 10.5. The van der Waals surface area contributed by atoms with E-state index in [9.17, 15) is 4.79 Å². The Labute approximate surface area is 74.9 Å². The lowest BCUT2D eigenvalue weighted by atomic mass is 10.1. The number of nitrogens with one attached hydrogen (secondary N) is 2. The molecule has 0 aliphatic carbocycles. The first-order valence-electron chi connectivity index (χ1n) is 4.62. The Balaban J connectivity index is 3.37. The highest BCUT2D eigenvalue weighted by Gasteiger charge is 2.03. The maximum Gasteiger partial charge on any atom is 0.216 e.